The van der Waals surface area contributed by atoms with Crippen molar-refractivity contribution < 1.29 is 14.3 Å². The summed E-state index contributed by atoms with van der Waals surface area (Å²) in [6.45, 7) is 4.27. The number of carbonyl (C=O) groups is 2. The Morgan fingerprint density at radius 2 is 1.93 bits per heavy atom. The number of methoxy groups -OCH3 is 1. The highest BCUT2D eigenvalue weighted by atomic mass is 16.5. The van der Waals surface area contributed by atoms with Gasteiger partial charge in [0.15, 0.2) is 0 Å². The molecule has 1 aromatic rings. The van der Waals surface area contributed by atoms with E-state index in [2.05, 4.69) is 34.5 Å². The maximum atomic E-state index is 12.5. The third-order valence-corrected chi connectivity index (χ3v) is 6.73. The fraction of sp³-hybridized carbons (Fsp3) is 0.636. The second-order valence-electron chi connectivity index (χ2n) is 8.55. The molecule has 0 aromatic heterocycles. The zero-order valence-electron chi connectivity index (χ0n) is 16.9. The molecule has 0 unspecified atom stereocenters. The van der Waals surface area contributed by atoms with Gasteiger partial charge >= 0.3 is 0 Å². The Labute approximate surface area is 167 Å². The molecule has 28 heavy (non-hydrogen) atoms. The number of nitrogens with zero attached hydrogens (tertiary/aromatic N) is 2. The van der Waals surface area contributed by atoms with E-state index in [1.54, 1.807) is 7.11 Å². The van der Waals surface area contributed by atoms with Gasteiger partial charge in [0.25, 0.3) is 0 Å². The first-order chi connectivity index (χ1) is 13.5. The molecule has 152 valence electrons. The molecule has 0 radical (unpaired) electrons. The number of ether oxygens (including phenoxy) is 1. The third-order valence-electron chi connectivity index (χ3n) is 6.73. The summed E-state index contributed by atoms with van der Waals surface area (Å²) in [7, 11) is 1.70. The summed E-state index contributed by atoms with van der Waals surface area (Å²) in [5.41, 5.74) is 1.38. The normalized spacial score (nSPS) is 29.7. The molecule has 6 heteroatoms. The van der Waals surface area contributed by atoms with Gasteiger partial charge in [0.05, 0.1) is 13.7 Å². The van der Waals surface area contributed by atoms with Crippen LogP contribution in [0.5, 0.6) is 5.75 Å². The fourth-order valence-electron chi connectivity index (χ4n) is 5.51. The lowest BCUT2D eigenvalue weighted by Gasteiger charge is -2.55. The van der Waals surface area contributed by atoms with Crippen LogP contribution in [0.1, 0.15) is 44.2 Å². The van der Waals surface area contributed by atoms with Crippen molar-refractivity contribution in [1.82, 2.24) is 15.1 Å². The number of likely N-dealkylation sites (tertiary alicyclic amines) is 1. The van der Waals surface area contributed by atoms with Gasteiger partial charge in [-0.3, -0.25) is 14.5 Å². The predicted molar refractivity (Wildman–Crippen MR) is 107 cm³/mol. The number of hydrogen-bond donors (Lipinski definition) is 1. The van der Waals surface area contributed by atoms with Crippen molar-refractivity contribution in [1.29, 1.82) is 0 Å². The number of rotatable bonds is 4. The standard InChI is InChI=1S/C22H31N3O3/c1-15(26)23-11-22(27)24-12-16-10-18(14-24)21-5-3-4-20(25(21)13-16)17-6-8-19(28-2)9-7-17/h6-9,16,18,20-21H,3-5,10-14H2,1-2H3,(H,23,26)/t16-,18+,20+,21-/m0/s1. The molecule has 6 nitrogen and oxygen atoms in total. The highest BCUT2D eigenvalue weighted by Gasteiger charge is 2.45. The molecule has 0 saturated carbocycles. The Balaban J connectivity index is 1.46. The zero-order chi connectivity index (χ0) is 19.7. The Bertz CT molecular complexity index is 720. The first-order valence-corrected chi connectivity index (χ1v) is 10.5. The predicted octanol–water partition coefficient (Wildman–Crippen LogP) is 2.21. The van der Waals surface area contributed by atoms with E-state index in [0.29, 0.717) is 23.9 Å². The minimum absolute atomic E-state index is 0.0564. The van der Waals surface area contributed by atoms with Crippen LogP contribution in [0, 0.1) is 11.8 Å². The van der Waals surface area contributed by atoms with Crippen molar-refractivity contribution >= 4 is 11.8 Å². The van der Waals surface area contributed by atoms with Gasteiger partial charge in [0.2, 0.25) is 11.8 Å². The topological polar surface area (TPSA) is 61.9 Å². The molecule has 3 fully saturated rings. The van der Waals surface area contributed by atoms with Gasteiger partial charge in [-0.25, -0.2) is 0 Å². The maximum Gasteiger partial charge on any atom is 0.241 e. The summed E-state index contributed by atoms with van der Waals surface area (Å²) in [5, 5.41) is 2.65. The van der Waals surface area contributed by atoms with E-state index >= 15 is 0 Å². The van der Waals surface area contributed by atoms with Gasteiger partial charge in [0.1, 0.15) is 5.75 Å². The van der Waals surface area contributed by atoms with Crippen molar-refractivity contribution in [3.05, 3.63) is 29.8 Å². The van der Waals surface area contributed by atoms with Crippen molar-refractivity contribution in [2.45, 2.75) is 44.7 Å². The molecule has 1 N–H and O–H groups in total. The van der Waals surface area contributed by atoms with Crippen molar-refractivity contribution in [2.24, 2.45) is 11.8 Å². The molecule has 0 aliphatic carbocycles. The number of hydrogen-bond acceptors (Lipinski definition) is 4. The largest absolute Gasteiger partial charge is 0.497 e. The lowest BCUT2D eigenvalue weighted by atomic mass is 9.74. The molecule has 2 amide bonds. The first kappa shape index (κ1) is 19.2. The average Bonchev–Trinajstić information content (AvgIpc) is 2.71. The van der Waals surface area contributed by atoms with Crippen molar-refractivity contribution in [2.75, 3.05) is 33.3 Å². The second-order valence-corrected chi connectivity index (χ2v) is 8.55. The van der Waals surface area contributed by atoms with Gasteiger partial charge in [-0.15, -0.1) is 0 Å². The van der Waals surface area contributed by atoms with Crippen LogP contribution in [0.4, 0.5) is 0 Å². The number of piperidine rings is 3. The van der Waals surface area contributed by atoms with Crippen LogP contribution < -0.4 is 10.1 Å². The van der Waals surface area contributed by atoms with E-state index in [4.69, 9.17) is 4.74 Å². The van der Waals surface area contributed by atoms with E-state index in [1.807, 2.05) is 4.90 Å². The van der Waals surface area contributed by atoms with Crippen LogP contribution in [0.25, 0.3) is 0 Å². The molecule has 1 aromatic carbocycles. The van der Waals surface area contributed by atoms with Crippen LogP contribution in [-0.2, 0) is 9.59 Å². The lowest BCUT2D eigenvalue weighted by molar-refractivity contribution is -0.139. The molecule has 4 atom stereocenters. The zero-order valence-corrected chi connectivity index (χ0v) is 16.9. The molecule has 3 saturated heterocycles. The summed E-state index contributed by atoms with van der Waals surface area (Å²) >= 11 is 0. The maximum absolute atomic E-state index is 12.5. The summed E-state index contributed by atoms with van der Waals surface area (Å²) in [6, 6.07) is 9.56. The molecule has 3 heterocycles. The van der Waals surface area contributed by atoms with Gasteiger partial charge in [-0.2, -0.15) is 0 Å². The smallest absolute Gasteiger partial charge is 0.241 e. The molecule has 2 bridgehead atoms. The third kappa shape index (κ3) is 3.88. The number of carbonyl (C=O) groups excluding carboxylic acids is 2. The monoisotopic (exact) mass is 385 g/mol. The number of benzene rings is 1. The summed E-state index contributed by atoms with van der Waals surface area (Å²) in [6.07, 6.45) is 4.88. The fourth-order valence-corrected chi connectivity index (χ4v) is 5.51. The minimum Gasteiger partial charge on any atom is -0.497 e. The number of nitrogens with one attached hydrogen (secondary N) is 1. The van der Waals surface area contributed by atoms with E-state index < -0.39 is 0 Å². The van der Waals surface area contributed by atoms with E-state index in [0.717, 1.165) is 25.4 Å². The van der Waals surface area contributed by atoms with E-state index in [1.165, 1.54) is 38.2 Å². The summed E-state index contributed by atoms with van der Waals surface area (Å²) in [5.74, 6) is 1.87. The summed E-state index contributed by atoms with van der Waals surface area (Å²) in [4.78, 5) is 28.4. The van der Waals surface area contributed by atoms with Crippen molar-refractivity contribution in [3.63, 3.8) is 0 Å². The van der Waals surface area contributed by atoms with Crippen LogP contribution in [0.2, 0.25) is 0 Å². The average molecular weight is 386 g/mol. The van der Waals surface area contributed by atoms with Gasteiger partial charge in [-0.05, 0) is 55.2 Å². The Hall–Kier alpha value is -2.08. The Morgan fingerprint density at radius 1 is 1.14 bits per heavy atom. The SMILES string of the molecule is COc1ccc([C@H]2CCC[C@H]3[C@@H]4C[C@@H](CN(C(=O)CNC(C)=O)C4)CN23)cc1. The first-order valence-electron chi connectivity index (χ1n) is 10.5. The number of fused-ring (bicyclic) bond motifs is 4. The van der Waals surface area contributed by atoms with E-state index in [9.17, 15) is 9.59 Å². The van der Waals surface area contributed by atoms with Gasteiger partial charge in [0, 0.05) is 38.6 Å². The highest BCUT2D eigenvalue weighted by Crippen LogP contribution is 2.44. The number of amides is 2. The Kier molecular flexibility index (Phi) is 5.58. The molecule has 3 aliphatic rings. The van der Waals surface area contributed by atoms with Crippen LogP contribution in [0.3, 0.4) is 0 Å². The quantitative estimate of drug-likeness (QED) is 0.863. The van der Waals surface area contributed by atoms with Gasteiger partial charge < -0.3 is 15.0 Å². The van der Waals surface area contributed by atoms with Gasteiger partial charge in [-0.1, -0.05) is 12.1 Å². The van der Waals surface area contributed by atoms with E-state index in [-0.39, 0.29) is 18.4 Å². The molecule has 3 aliphatic heterocycles. The molecular weight excluding hydrogens is 354 g/mol. The lowest BCUT2D eigenvalue weighted by Crippen LogP contribution is -2.61. The molecule has 0 spiro atoms. The van der Waals surface area contributed by atoms with Crippen molar-refractivity contribution in [3.8, 4) is 5.75 Å². The molecular formula is C22H31N3O3. The second kappa shape index (κ2) is 8.11. The highest BCUT2D eigenvalue weighted by molar-refractivity contribution is 5.83. The Morgan fingerprint density at radius 3 is 2.64 bits per heavy atom. The summed E-state index contributed by atoms with van der Waals surface area (Å²) < 4.78 is 5.32. The minimum atomic E-state index is -0.147. The molecule has 4 rings (SSSR count). The van der Waals surface area contributed by atoms with Crippen LogP contribution in [0.15, 0.2) is 24.3 Å². The van der Waals surface area contributed by atoms with Crippen LogP contribution >= 0.6 is 0 Å². The van der Waals surface area contributed by atoms with Crippen LogP contribution in [-0.4, -0.2) is 60.9 Å².